The number of carbonyl (C=O) groups is 1. The number of hydrazone groups is 1. The summed E-state index contributed by atoms with van der Waals surface area (Å²) in [6, 6.07) is 18.8. The lowest BCUT2D eigenvalue weighted by atomic mass is 10.1. The van der Waals surface area contributed by atoms with Gasteiger partial charge >= 0.3 is 0 Å². The number of nitrogens with zero attached hydrogens (tertiary/aromatic N) is 1. The Kier molecular flexibility index (Phi) is 6.07. The second kappa shape index (κ2) is 8.86. The number of hydrogen-bond donors (Lipinski definition) is 3. The van der Waals surface area contributed by atoms with Gasteiger partial charge in [-0.2, -0.15) is 5.10 Å². The molecule has 28 heavy (non-hydrogen) atoms. The smallest absolute Gasteiger partial charge is 0.262 e. The molecule has 1 amide bonds. The summed E-state index contributed by atoms with van der Waals surface area (Å²) in [6.07, 6.45) is 3.72. The normalized spacial score (nSPS) is 12.0. The zero-order chi connectivity index (χ0) is 19.9. The second-order valence-electron chi connectivity index (χ2n) is 6.47. The summed E-state index contributed by atoms with van der Waals surface area (Å²) >= 11 is 0. The van der Waals surface area contributed by atoms with Gasteiger partial charge < -0.3 is 10.4 Å². The van der Waals surface area contributed by atoms with Gasteiger partial charge in [0.25, 0.3) is 5.91 Å². The zero-order valence-electron chi connectivity index (χ0n) is 15.7. The van der Waals surface area contributed by atoms with Crippen LogP contribution in [0.2, 0.25) is 0 Å². The average Bonchev–Trinajstić information content (AvgIpc) is 2.71. The van der Waals surface area contributed by atoms with Crippen LogP contribution in [0, 0.1) is 0 Å². The Bertz CT molecular complexity index is 1020. The van der Waals surface area contributed by atoms with E-state index < -0.39 is 6.04 Å². The van der Waals surface area contributed by atoms with E-state index in [4.69, 9.17) is 0 Å². The van der Waals surface area contributed by atoms with E-state index in [1.54, 1.807) is 19.1 Å². The Labute approximate surface area is 164 Å². The van der Waals surface area contributed by atoms with Crippen molar-refractivity contribution in [3.05, 3.63) is 84.4 Å². The number of hydrogen-bond acceptors (Lipinski definition) is 4. The summed E-state index contributed by atoms with van der Waals surface area (Å²) in [5, 5.41) is 19.6. The molecule has 0 aliphatic carbocycles. The number of rotatable bonds is 7. The van der Waals surface area contributed by atoms with E-state index >= 15 is 0 Å². The Morgan fingerprint density at radius 1 is 1.14 bits per heavy atom. The van der Waals surface area contributed by atoms with E-state index in [1.807, 2.05) is 54.6 Å². The van der Waals surface area contributed by atoms with Gasteiger partial charge in [0, 0.05) is 16.6 Å². The monoisotopic (exact) mass is 373 g/mol. The minimum atomic E-state index is -0.483. The minimum Gasteiger partial charge on any atom is -0.507 e. The molecule has 142 valence electrons. The molecule has 3 N–H and O–H groups in total. The topological polar surface area (TPSA) is 73.7 Å². The molecule has 0 saturated heterocycles. The van der Waals surface area contributed by atoms with Crippen molar-refractivity contribution in [2.75, 3.05) is 5.32 Å². The molecule has 3 rings (SSSR count). The van der Waals surface area contributed by atoms with Gasteiger partial charge in [-0.25, -0.2) is 5.43 Å². The first kappa shape index (κ1) is 19.2. The molecule has 0 spiro atoms. The van der Waals surface area contributed by atoms with Crippen molar-refractivity contribution in [2.24, 2.45) is 5.10 Å². The number of nitrogens with one attached hydrogen (secondary N) is 2. The zero-order valence-corrected chi connectivity index (χ0v) is 15.7. The van der Waals surface area contributed by atoms with Crippen molar-refractivity contribution in [2.45, 2.75) is 19.4 Å². The molecule has 1 unspecified atom stereocenters. The fourth-order valence-corrected chi connectivity index (χ4v) is 2.95. The summed E-state index contributed by atoms with van der Waals surface area (Å²) in [5.41, 5.74) is 4.70. The molecule has 0 aromatic heterocycles. The third kappa shape index (κ3) is 4.38. The summed E-state index contributed by atoms with van der Waals surface area (Å²) in [5.74, 6) is -0.131. The fraction of sp³-hybridized carbons (Fsp3) is 0.130. The summed E-state index contributed by atoms with van der Waals surface area (Å²) in [6.45, 7) is 5.45. The SMILES string of the molecule is C=CCc1cccc(/C=N/NC(=O)C(C)Nc2cccc3ccccc23)c1O. The van der Waals surface area contributed by atoms with Gasteiger partial charge in [-0.15, -0.1) is 6.58 Å². The van der Waals surface area contributed by atoms with Gasteiger partial charge in [0.1, 0.15) is 11.8 Å². The van der Waals surface area contributed by atoms with Crippen molar-refractivity contribution in [1.29, 1.82) is 0 Å². The van der Waals surface area contributed by atoms with Crippen LogP contribution in [0.5, 0.6) is 5.75 Å². The van der Waals surface area contributed by atoms with E-state index in [2.05, 4.69) is 22.4 Å². The minimum absolute atomic E-state index is 0.141. The first-order valence-electron chi connectivity index (χ1n) is 9.09. The van der Waals surface area contributed by atoms with E-state index in [-0.39, 0.29) is 11.7 Å². The number of anilines is 1. The summed E-state index contributed by atoms with van der Waals surface area (Å²) in [7, 11) is 0. The van der Waals surface area contributed by atoms with Gasteiger partial charge in [-0.05, 0) is 36.4 Å². The van der Waals surface area contributed by atoms with Gasteiger partial charge in [0.15, 0.2) is 0 Å². The molecule has 0 fully saturated rings. The van der Waals surface area contributed by atoms with Gasteiger partial charge in [0.05, 0.1) is 6.21 Å². The number of aromatic hydroxyl groups is 1. The molecule has 0 aliphatic heterocycles. The highest BCUT2D eigenvalue weighted by Crippen LogP contribution is 2.24. The fourth-order valence-electron chi connectivity index (χ4n) is 2.95. The molecule has 0 aliphatic rings. The van der Waals surface area contributed by atoms with Crippen LogP contribution in [0.4, 0.5) is 5.69 Å². The van der Waals surface area contributed by atoms with Crippen LogP contribution in [-0.2, 0) is 11.2 Å². The summed E-state index contributed by atoms with van der Waals surface area (Å²) < 4.78 is 0. The molecule has 1 atom stereocenters. The molecular weight excluding hydrogens is 350 g/mol. The van der Waals surface area contributed by atoms with E-state index in [1.165, 1.54) is 6.21 Å². The predicted octanol–water partition coefficient (Wildman–Crippen LogP) is 4.22. The third-order valence-corrected chi connectivity index (χ3v) is 4.45. The van der Waals surface area contributed by atoms with Crippen LogP contribution >= 0.6 is 0 Å². The number of allylic oxidation sites excluding steroid dienone is 1. The van der Waals surface area contributed by atoms with Crippen LogP contribution < -0.4 is 10.7 Å². The first-order chi connectivity index (χ1) is 13.6. The Morgan fingerprint density at radius 3 is 2.71 bits per heavy atom. The van der Waals surface area contributed by atoms with Crippen LogP contribution in [0.25, 0.3) is 10.8 Å². The van der Waals surface area contributed by atoms with E-state index in [0.717, 1.165) is 22.0 Å². The Balaban J connectivity index is 1.65. The molecule has 3 aromatic carbocycles. The standard InChI is InChI=1S/C23H23N3O2/c1-3-8-18-11-6-12-19(22(18)27)15-24-26-23(28)16(2)25-21-14-7-10-17-9-4-5-13-20(17)21/h3-7,9-16,25,27H,1,8H2,2H3,(H,26,28)/b24-15+. The average molecular weight is 373 g/mol. The largest absolute Gasteiger partial charge is 0.507 e. The van der Waals surface area contributed by atoms with Crippen molar-refractivity contribution >= 4 is 28.6 Å². The van der Waals surface area contributed by atoms with E-state index in [0.29, 0.717) is 12.0 Å². The van der Waals surface area contributed by atoms with Crippen molar-refractivity contribution < 1.29 is 9.90 Å². The lowest BCUT2D eigenvalue weighted by Crippen LogP contribution is -2.34. The molecular formula is C23H23N3O2. The number of para-hydroxylation sites is 1. The first-order valence-corrected chi connectivity index (χ1v) is 9.09. The molecule has 0 bridgehead atoms. The number of fused-ring (bicyclic) bond motifs is 1. The third-order valence-electron chi connectivity index (χ3n) is 4.45. The van der Waals surface area contributed by atoms with E-state index in [9.17, 15) is 9.90 Å². The quantitative estimate of drug-likeness (QED) is 0.330. The number of amides is 1. The Hall–Kier alpha value is -3.60. The molecule has 0 heterocycles. The number of carbonyl (C=O) groups excluding carboxylic acids is 1. The summed E-state index contributed by atoms with van der Waals surface area (Å²) in [4.78, 5) is 12.4. The number of phenols is 1. The number of phenolic OH excluding ortho intramolecular Hbond substituents is 1. The van der Waals surface area contributed by atoms with Crippen molar-refractivity contribution in [1.82, 2.24) is 5.43 Å². The molecule has 0 radical (unpaired) electrons. The van der Waals surface area contributed by atoms with Crippen LogP contribution in [0.15, 0.2) is 78.4 Å². The lowest BCUT2D eigenvalue weighted by molar-refractivity contribution is -0.121. The Morgan fingerprint density at radius 2 is 1.89 bits per heavy atom. The molecule has 5 nitrogen and oxygen atoms in total. The van der Waals surface area contributed by atoms with Crippen molar-refractivity contribution in [3.8, 4) is 5.75 Å². The van der Waals surface area contributed by atoms with Gasteiger partial charge in [-0.1, -0.05) is 54.6 Å². The maximum atomic E-state index is 12.4. The molecule has 5 heteroatoms. The predicted molar refractivity (Wildman–Crippen MR) is 115 cm³/mol. The van der Waals surface area contributed by atoms with Crippen LogP contribution in [0.3, 0.4) is 0 Å². The van der Waals surface area contributed by atoms with Crippen LogP contribution in [0.1, 0.15) is 18.1 Å². The second-order valence-corrected chi connectivity index (χ2v) is 6.47. The highest BCUT2D eigenvalue weighted by Gasteiger charge is 2.13. The van der Waals surface area contributed by atoms with Crippen molar-refractivity contribution in [3.63, 3.8) is 0 Å². The maximum absolute atomic E-state index is 12.4. The van der Waals surface area contributed by atoms with Gasteiger partial charge in [0.2, 0.25) is 0 Å². The highest BCUT2D eigenvalue weighted by molar-refractivity contribution is 5.96. The van der Waals surface area contributed by atoms with Crippen LogP contribution in [-0.4, -0.2) is 23.3 Å². The lowest BCUT2D eigenvalue weighted by Gasteiger charge is -2.15. The highest BCUT2D eigenvalue weighted by atomic mass is 16.3. The molecule has 3 aromatic rings. The molecule has 0 saturated carbocycles. The maximum Gasteiger partial charge on any atom is 0.262 e. The number of benzene rings is 3. The van der Waals surface area contributed by atoms with Gasteiger partial charge in [-0.3, -0.25) is 4.79 Å².